The van der Waals surface area contributed by atoms with Gasteiger partial charge in [0.1, 0.15) is 0 Å². The summed E-state index contributed by atoms with van der Waals surface area (Å²) in [5, 5.41) is 10.4. The zero-order chi connectivity index (χ0) is 9.80. The lowest BCUT2D eigenvalue weighted by molar-refractivity contribution is 0.637. The Balaban J connectivity index is 1.78. The van der Waals surface area contributed by atoms with Crippen molar-refractivity contribution in [3.05, 3.63) is 29.5 Å². The SMILES string of the molecule is Cc1csc(NCCn2cccn2)n1. The Labute approximate surface area is 86.6 Å². The van der Waals surface area contributed by atoms with Crippen molar-refractivity contribution in [2.75, 3.05) is 11.9 Å². The van der Waals surface area contributed by atoms with Crippen molar-refractivity contribution in [2.24, 2.45) is 0 Å². The molecular weight excluding hydrogens is 196 g/mol. The minimum absolute atomic E-state index is 0.856. The predicted molar refractivity (Wildman–Crippen MR) is 57.6 cm³/mol. The van der Waals surface area contributed by atoms with Gasteiger partial charge in [-0.25, -0.2) is 4.98 Å². The van der Waals surface area contributed by atoms with E-state index in [1.165, 1.54) is 0 Å². The number of hydrogen-bond donors (Lipinski definition) is 1. The van der Waals surface area contributed by atoms with Crippen molar-refractivity contribution in [3.8, 4) is 0 Å². The maximum absolute atomic E-state index is 4.31. The zero-order valence-corrected chi connectivity index (χ0v) is 8.79. The lowest BCUT2D eigenvalue weighted by atomic mass is 10.6. The Hall–Kier alpha value is -1.36. The van der Waals surface area contributed by atoms with Crippen LogP contribution >= 0.6 is 11.3 Å². The molecule has 0 aromatic carbocycles. The Morgan fingerprint density at radius 3 is 3.14 bits per heavy atom. The number of nitrogens with zero attached hydrogens (tertiary/aromatic N) is 3. The molecule has 2 aromatic rings. The summed E-state index contributed by atoms with van der Waals surface area (Å²) in [7, 11) is 0. The van der Waals surface area contributed by atoms with Crippen molar-refractivity contribution in [1.29, 1.82) is 0 Å². The standard InChI is InChI=1S/C9H12N4S/c1-8-7-14-9(12-8)10-4-6-13-5-2-3-11-13/h2-3,5,7H,4,6H2,1H3,(H,10,12). The fourth-order valence-electron chi connectivity index (χ4n) is 1.15. The number of rotatable bonds is 4. The Kier molecular flexibility index (Phi) is 2.78. The van der Waals surface area contributed by atoms with Gasteiger partial charge < -0.3 is 5.32 Å². The van der Waals surface area contributed by atoms with E-state index in [0.29, 0.717) is 0 Å². The van der Waals surface area contributed by atoms with Gasteiger partial charge in [0, 0.05) is 24.3 Å². The van der Waals surface area contributed by atoms with Gasteiger partial charge in [-0.3, -0.25) is 4.68 Å². The summed E-state index contributed by atoms with van der Waals surface area (Å²) in [5.74, 6) is 0. The fraction of sp³-hybridized carbons (Fsp3) is 0.333. The van der Waals surface area contributed by atoms with Gasteiger partial charge >= 0.3 is 0 Å². The molecule has 0 amide bonds. The first-order valence-corrected chi connectivity index (χ1v) is 5.36. The summed E-state index contributed by atoms with van der Waals surface area (Å²) < 4.78 is 1.90. The third-order valence-electron chi connectivity index (χ3n) is 1.80. The average molecular weight is 208 g/mol. The first-order chi connectivity index (χ1) is 6.84. The monoisotopic (exact) mass is 208 g/mol. The molecular formula is C9H12N4S. The van der Waals surface area contributed by atoms with Crippen LogP contribution in [0.2, 0.25) is 0 Å². The fourth-order valence-corrected chi connectivity index (χ4v) is 1.86. The van der Waals surface area contributed by atoms with Crippen LogP contribution in [0.15, 0.2) is 23.8 Å². The van der Waals surface area contributed by atoms with E-state index in [2.05, 4.69) is 15.4 Å². The van der Waals surface area contributed by atoms with Gasteiger partial charge in [-0.2, -0.15) is 5.10 Å². The lowest BCUT2D eigenvalue weighted by Crippen LogP contribution is -2.10. The summed E-state index contributed by atoms with van der Waals surface area (Å²) in [6.07, 6.45) is 3.74. The van der Waals surface area contributed by atoms with Gasteiger partial charge in [-0.1, -0.05) is 0 Å². The number of aromatic nitrogens is 3. The molecule has 2 aromatic heterocycles. The van der Waals surface area contributed by atoms with Crippen LogP contribution in [0.1, 0.15) is 5.69 Å². The molecule has 5 heteroatoms. The Morgan fingerprint density at radius 1 is 1.57 bits per heavy atom. The molecule has 0 saturated carbocycles. The molecule has 0 unspecified atom stereocenters. The van der Waals surface area contributed by atoms with Crippen LogP contribution in [0, 0.1) is 6.92 Å². The van der Waals surface area contributed by atoms with Crippen molar-refractivity contribution in [1.82, 2.24) is 14.8 Å². The van der Waals surface area contributed by atoms with Crippen molar-refractivity contribution >= 4 is 16.5 Å². The topological polar surface area (TPSA) is 42.7 Å². The summed E-state index contributed by atoms with van der Waals surface area (Å²) in [6.45, 7) is 3.72. The summed E-state index contributed by atoms with van der Waals surface area (Å²) >= 11 is 1.63. The van der Waals surface area contributed by atoms with Crippen LogP contribution in [0.5, 0.6) is 0 Å². The van der Waals surface area contributed by atoms with E-state index in [4.69, 9.17) is 0 Å². The van der Waals surface area contributed by atoms with Crippen LogP contribution in [-0.4, -0.2) is 21.3 Å². The molecule has 0 atom stereocenters. The molecule has 0 aliphatic rings. The first kappa shape index (κ1) is 9.21. The molecule has 0 radical (unpaired) electrons. The second-order valence-corrected chi connectivity index (χ2v) is 3.85. The van der Waals surface area contributed by atoms with Gasteiger partial charge in [0.25, 0.3) is 0 Å². The predicted octanol–water partition coefficient (Wildman–Crippen LogP) is 1.76. The maximum Gasteiger partial charge on any atom is 0.182 e. The highest BCUT2D eigenvalue weighted by Crippen LogP contribution is 2.13. The molecule has 2 rings (SSSR count). The highest BCUT2D eigenvalue weighted by Gasteiger charge is 1.96. The Morgan fingerprint density at radius 2 is 2.50 bits per heavy atom. The average Bonchev–Trinajstić information content (AvgIpc) is 2.77. The second-order valence-electron chi connectivity index (χ2n) is 2.99. The zero-order valence-electron chi connectivity index (χ0n) is 7.97. The molecule has 0 saturated heterocycles. The molecule has 14 heavy (non-hydrogen) atoms. The number of nitrogens with one attached hydrogen (secondary N) is 1. The third kappa shape index (κ3) is 2.32. The molecule has 0 fully saturated rings. The molecule has 74 valence electrons. The van der Waals surface area contributed by atoms with Gasteiger partial charge in [0.05, 0.1) is 12.2 Å². The highest BCUT2D eigenvalue weighted by molar-refractivity contribution is 7.13. The summed E-state index contributed by atoms with van der Waals surface area (Å²) in [5.41, 5.74) is 1.07. The highest BCUT2D eigenvalue weighted by atomic mass is 32.1. The largest absolute Gasteiger partial charge is 0.360 e. The van der Waals surface area contributed by atoms with Crippen LogP contribution in [-0.2, 0) is 6.54 Å². The first-order valence-electron chi connectivity index (χ1n) is 4.48. The van der Waals surface area contributed by atoms with E-state index in [1.54, 1.807) is 17.5 Å². The van der Waals surface area contributed by atoms with E-state index in [1.807, 2.05) is 29.2 Å². The number of hydrogen-bond acceptors (Lipinski definition) is 4. The molecule has 2 heterocycles. The summed E-state index contributed by atoms with van der Waals surface area (Å²) in [6, 6.07) is 1.92. The third-order valence-corrected chi connectivity index (χ3v) is 2.71. The molecule has 0 bridgehead atoms. The van der Waals surface area contributed by atoms with E-state index < -0.39 is 0 Å². The van der Waals surface area contributed by atoms with E-state index >= 15 is 0 Å². The van der Waals surface area contributed by atoms with E-state index in [0.717, 1.165) is 23.9 Å². The van der Waals surface area contributed by atoms with Gasteiger partial charge in [-0.05, 0) is 13.0 Å². The molecule has 4 nitrogen and oxygen atoms in total. The van der Waals surface area contributed by atoms with Crippen molar-refractivity contribution < 1.29 is 0 Å². The quantitative estimate of drug-likeness (QED) is 0.832. The van der Waals surface area contributed by atoms with E-state index in [-0.39, 0.29) is 0 Å². The number of aryl methyl sites for hydroxylation is 1. The van der Waals surface area contributed by atoms with Gasteiger partial charge in [0.15, 0.2) is 5.13 Å². The van der Waals surface area contributed by atoms with Crippen LogP contribution < -0.4 is 5.32 Å². The molecule has 0 aliphatic carbocycles. The smallest absolute Gasteiger partial charge is 0.182 e. The number of anilines is 1. The normalized spacial score (nSPS) is 10.4. The lowest BCUT2D eigenvalue weighted by Gasteiger charge is -2.02. The minimum Gasteiger partial charge on any atom is -0.360 e. The van der Waals surface area contributed by atoms with Gasteiger partial charge in [0.2, 0.25) is 0 Å². The van der Waals surface area contributed by atoms with Crippen LogP contribution in [0.4, 0.5) is 5.13 Å². The van der Waals surface area contributed by atoms with Crippen molar-refractivity contribution in [2.45, 2.75) is 13.5 Å². The minimum atomic E-state index is 0.856. The van der Waals surface area contributed by atoms with Crippen LogP contribution in [0.3, 0.4) is 0 Å². The Bertz CT molecular complexity index is 379. The summed E-state index contributed by atoms with van der Waals surface area (Å²) in [4.78, 5) is 4.31. The van der Waals surface area contributed by atoms with E-state index in [9.17, 15) is 0 Å². The van der Waals surface area contributed by atoms with Crippen LogP contribution in [0.25, 0.3) is 0 Å². The molecule has 1 N–H and O–H groups in total. The molecule has 0 spiro atoms. The molecule has 0 aliphatic heterocycles. The second kappa shape index (κ2) is 4.23. The van der Waals surface area contributed by atoms with Crippen molar-refractivity contribution in [3.63, 3.8) is 0 Å². The van der Waals surface area contributed by atoms with Gasteiger partial charge in [-0.15, -0.1) is 11.3 Å². The maximum atomic E-state index is 4.31. The number of thiazole rings is 1.